The SMILES string of the molecule is CCOC(=O)C#Cc1ccc2oc(=O)c(C(=O)O)cc2c1. The van der Waals surface area contributed by atoms with Gasteiger partial charge in [-0.3, -0.25) is 0 Å². The molecule has 0 aliphatic heterocycles. The fraction of sp³-hybridized carbons (Fsp3) is 0.133. The molecule has 6 heteroatoms. The van der Waals surface area contributed by atoms with Crippen LogP contribution in [0.25, 0.3) is 11.0 Å². The van der Waals surface area contributed by atoms with Gasteiger partial charge < -0.3 is 14.3 Å². The minimum Gasteiger partial charge on any atom is -0.477 e. The minimum absolute atomic E-state index is 0.234. The van der Waals surface area contributed by atoms with E-state index >= 15 is 0 Å². The summed E-state index contributed by atoms with van der Waals surface area (Å²) in [5.74, 6) is 2.87. The maximum atomic E-state index is 11.4. The monoisotopic (exact) mass is 286 g/mol. The lowest BCUT2D eigenvalue weighted by Gasteiger charge is -1.99. The molecular formula is C15H10O6. The molecule has 106 valence electrons. The summed E-state index contributed by atoms with van der Waals surface area (Å²) in [6.07, 6.45) is 0. The van der Waals surface area contributed by atoms with Crippen LogP contribution in [-0.4, -0.2) is 23.7 Å². The fourth-order valence-corrected chi connectivity index (χ4v) is 1.64. The first kappa shape index (κ1) is 14.3. The maximum absolute atomic E-state index is 11.4. The number of fused-ring (bicyclic) bond motifs is 1. The van der Waals surface area contributed by atoms with Gasteiger partial charge in [-0.2, -0.15) is 0 Å². The zero-order valence-electron chi connectivity index (χ0n) is 11.0. The highest BCUT2D eigenvalue weighted by Crippen LogP contribution is 2.15. The van der Waals surface area contributed by atoms with Gasteiger partial charge in [0.2, 0.25) is 0 Å². The molecule has 0 saturated carbocycles. The van der Waals surface area contributed by atoms with Gasteiger partial charge in [0.05, 0.1) is 6.61 Å². The summed E-state index contributed by atoms with van der Waals surface area (Å²) in [6.45, 7) is 1.91. The number of carbonyl (C=O) groups excluding carboxylic acids is 1. The van der Waals surface area contributed by atoms with Gasteiger partial charge in [0.25, 0.3) is 0 Å². The molecule has 1 aromatic heterocycles. The lowest BCUT2D eigenvalue weighted by Crippen LogP contribution is -2.12. The summed E-state index contributed by atoms with van der Waals surface area (Å²) in [5, 5.41) is 9.29. The van der Waals surface area contributed by atoms with E-state index < -0.39 is 23.1 Å². The molecule has 0 fully saturated rings. The molecule has 1 aromatic carbocycles. The lowest BCUT2D eigenvalue weighted by atomic mass is 10.1. The number of carboxylic acid groups (broad SMARTS) is 1. The van der Waals surface area contributed by atoms with Crippen LogP contribution < -0.4 is 5.63 Å². The Hall–Kier alpha value is -3.07. The number of carboxylic acids is 1. The standard InChI is InChI=1S/C15H10O6/c1-2-20-13(16)6-4-9-3-5-12-10(7-9)8-11(14(17)18)15(19)21-12/h3,5,7-8H,2H2,1H3,(H,17,18). The van der Waals surface area contributed by atoms with E-state index in [9.17, 15) is 14.4 Å². The third-order valence-corrected chi connectivity index (χ3v) is 2.55. The van der Waals surface area contributed by atoms with Crippen LogP contribution in [0, 0.1) is 11.8 Å². The second kappa shape index (κ2) is 5.92. The average molecular weight is 286 g/mol. The topological polar surface area (TPSA) is 93.8 Å². The van der Waals surface area contributed by atoms with Crippen LogP contribution in [0.5, 0.6) is 0 Å². The van der Waals surface area contributed by atoms with Gasteiger partial charge in [-0.05, 0) is 31.2 Å². The molecule has 0 atom stereocenters. The number of ether oxygens (including phenoxy) is 1. The molecule has 0 radical (unpaired) electrons. The van der Waals surface area contributed by atoms with E-state index in [4.69, 9.17) is 9.52 Å². The number of hydrogen-bond donors (Lipinski definition) is 1. The third kappa shape index (κ3) is 3.28. The Bertz CT molecular complexity index is 835. The summed E-state index contributed by atoms with van der Waals surface area (Å²) in [4.78, 5) is 33.4. The zero-order chi connectivity index (χ0) is 15.4. The van der Waals surface area contributed by atoms with Crippen molar-refractivity contribution in [1.82, 2.24) is 0 Å². The van der Waals surface area contributed by atoms with Crippen molar-refractivity contribution in [2.24, 2.45) is 0 Å². The molecule has 0 saturated heterocycles. The average Bonchev–Trinajstić information content (AvgIpc) is 2.44. The van der Waals surface area contributed by atoms with Crippen molar-refractivity contribution < 1.29 is 23.8 Å². The second-order valence-corrected chi connectivity index (χ2v) is 3.98. The highest BCUT2D eigenvalue weighted by molar-refractivity contribution is 5.92. The Kier molecular flexibility index (Phi) is 4.05. The normalized spacial score (nSPS) is 9.76. The molecule has 21 heavy (non-hydrogen) atoms. The van der Waals surface area contributed by atoms with Gasteiger partial charge >= 0.3 is 17.6 Å². The summed E-state index contributed by atoms with van der Waals surface area (Å²) in [5.41, 5.74) is -0.661. The van der Waals surface area contributed by atoms with Crippen molar-refractivity contribution in [1.29, 1.82) is 0 Å². The van der Waals surface area contributed by atoms with Crippen molar-refractivity contribution in [2.75, 3.05) is 6.61 Å². The summed E-state index contributed by atoms with van der Waals surface area (Å²) in [6, 6.07) is 5.77. The predicted molar refractivity (Wildman–Crippen MR) is 73.0 cm³/mol. The lowest BCUT2D eigenvalue weighted by molar-refractivity contribution is -0.136. The highest BCUT2D eigenvalue weighted by Gasteiger charge is 2.11. The molecule has 2 rings (SSSR count). The Labute approximate surface area is 118 Å². The quantitative estimate of drug-likeness (QED) is 0.509. The number of hydrogen-bond acceptors (Lipinski definition) is 5. The first-order valence-corrected chi connectivity index (χ1v) is 6.01. The van der Waals surface area contributed by atoms with Crippen LogP contribution in [0.4, 0.5) is 0 Å². The number of aromatic carboxylic acids is 1. The first-order chi connectivity index (χ1) is 10.0. The number of carbonyl (C=O) groups is 2. The Morgan fingerprint density at radius 1 is 1.33 bits per heavy atom. The maximum Gasteiger partial charge on any atom is 0.384 e. The van der Waals surface area contributed by atoms with E-state index in [-0.39, 0.29) is 12.2 Å². The molecule has 0 aliphatic rings. The van der Waals surface area contributed by atoms with Crippen molar-refractivity contribution in [3.8, 4) is 11.8 Å². The summed E-state index contributed by atoms with van der Waals surface area (Å²) >= 11 is 0. The number of benzene rings is 1. The number of rotatable bonds is 2. The van der Waals surface area contributed by atoms with Gasteiger partial charge in [-0.25, -0.2) is 14.4 Å². The van der Waals surface area contributed by atoms with Crippen molar-refractivity contribution >= 4 is 22.9 Å². The van der Waals surface area contributed by atoms with E-state index in [1.165, 1.54) is 18.2 Å². The minimum atomic E-state index is -1.37. The van der Waals surface area contributed by atoms with E-state index in [1.807, 2.05) is 0 Å². The second-order valence-electron chi connectivity index (χ2n) is 3.98. The van der Waals surface area contributed by atoms with Crippen LogP contribution in [0.15, 0.2) is 33.5 Å². The molecule has 0 spiro atoms. The summed E-state index contributed by atoms with van der Waals surface area (Å²) < 4.78 is 9.56. The molecule has 0 bridgehead atoms. The van der Waals surface area contributed by atoms with Crippen molar-refractivity contribution in [3.63, 3.8) is 0 Å². The third-order valence-electron chi connectivity index (χ3n) is 2.55. The molecular weight excluding hydrogens is 276 g/mol. The smallest absolute Gasteiger partial charge is 0.384 e. The van der Waals surface area contributed by atoms with E-state index in [2.05, 4.69) is 16.6 Å². The van der Waals surface area contributed by atoms with E-state index in [0.29, 0.717) is 10.9 Å². The zero-order valence-corrected chi connectivity index (χ0v) is 11.0. The molecule has 0 unspecified atom stereocenters. The Morgan fingerprint density at radius 3 is 2.76 bits per heavy atom. The molecule has 2 aromatic rings. The van der Waals surface area contributed by atoms with Crippen LogP contribution in [0.2, 0.25) is 0 Å². The van der Waals surface area contributed by atoms with Crippen LogP contribution in [0.1, 0.15) is 22.8 Å². The predicted octanol–water partition coefficient (Wildman–Crippen LogP) is 1.41. The number of esters is 1. The fourth-order valence-electron chi connectivity index (χ4n) is 1.64. The van der Waals surface area contributed by atoms with Gasteiger partial charge in [0, 0.05) is 16.9 Å². The van der Waals surface area contributed by atoms with Crippen LogP contribution in [-0.2, 0) is 9.53 Å². The first-order valence-electron chi connectivity index (χ1n) is 6.01. The molecule has 1 N–H and O–H groups in total. The largest absolute Gasteiger partial charge is 0.477 e. The van der Waals surface area contributed by atoms with Gasteiger partial charge in [0.1, 0.15) is 11.1 Å². The van der Waals surface area contributed by atoms with Crippen molar-refractivity contribution in [2.45, 2.75) is 6.92 Å². The van der Waals surface area contributed by atoms with E-state index in [1.54, 1.807) is 13.0 Å². The van der Waals surface area contributed by atoms with Gasteiger partial charge in [0.15, 0.2) is 0 Å². The molecule has 6 nitrogen and oxygen atoms in total. The molecule has 0 amide bonds. The molecule has 1 heterocycles. The van der Waals surface area contributed by atoms with E-state index in [0.717, 1.165) is 0 Å². The van der Waals surface area contributed by atoms with Crippen molar-refractivity contribution in [3.05, 3.63) is 45.8 Å². The van der Waals surface area contributed by atoms with Gasteiger partial charge in [-0.1, -0.05) is 5.92 Å². The highest BCUT2D eigenvalue weighted by atomic mass is 16.5. The van der Waals surface area contributed by atoms with Crippen LogP contribution in [0.3, 0.4) is 0 Å². The molecule has 0 aliphatic carbocycles. The Balaban J connectivity index is 2.46. The van der Waals surface area contributed by atoms with Gasteiger partial charge in [-0.15, -0.1) is 0 Å². The summed E-state index contributed by atoms with van der Waals surface area (Å²) in [7, 11) is 0. The van der Waals surface area contributed by atoms with Crippen LogP contribution >= 0.6 is 0 Å². The Morgan fingerprint density at radius 2 is 2.10 bits per heavy atom.